The molecule has 0 aliphatic heterocycles. The molecular weight excluding hydrogens is 288 g/mol. The number of benzene rings is 2. The van der Waals surface area contributed by atoms with Crippen LogP contribution >= 0.6 is 0 Å². The average molecular weight is 308 g/mol. The molecule has 1 unspecified atom stereocenters. The topological polar surface area (TPSA) is 62.1 Å². The maximum atomic E-state index is 12.3. The fourth-order valence-electron chi connectivity index (χ4n) is 2.47. The van der Waals surface area contributed by atoms with Crippen LogP contribution in [0.15, 0.2) is 42.5 Å². The Morgan fingerprint density at radius 2 is 1.78 bits per heavy atom. The second-order valence-corrected chi connectivity index (χ2v) is 5.60. The van der Waals surface area contributed by atoms with E-state index in [1.54, 1.807) is 7.11 Å². The largest absolute Gasteiger partial charge is 0.497 e. The summed E-state index contributed by atoms with van der Waals surface area (Å²) in [4.78, 5) is 12.3. The number of amides is 1. The predicted octanol–water partition coefficient (Wildman–Crippen LogP) is 3.63. The third kappa shape index (κ3) is 4.58. The lowest BCUT2D eigenvalue weighted by Crippen LogP contribution is -2.23. The minimum absolute atomic E-state index is 0.284. The molecule has 1 N–H and O–H groups in total. The van der Waals surface area contributed by atoms with Crippen molar-refractivity contribution in [1.29, 1.82) is 5.26 Å². The van der Waals surface area contributed by atoms with Crippen molar-refractivity contribution in [1.82, 2.24) is 0 Å². The normalized spacial score (nSPS) is 11.4. The fourth-order valence-corrected chi connectivity index (χ4v) is 2.47. The van der Waals surface area contributed by atoms with E-state index >= 15 is 0 Å². The van der Waals surface area contributed by atoms with E-state index in [-0.39, 0.29) is 5.91 Å². The molecule has 0 aromatic heterocycles. The first-order valence-electron chi connectivity index (χ1n) is 7.43. The highest BCUT2D eigenvalue weighted by Gasteiger charge is 2.18. The van der Waals surface area contributed by atoms with Crippen LogP contribution in [0.5, 0.6) is 5.75 Å². The molecule has 2 aromatic rings. The lowest BCUT2D eigenvalue weighted by molar-refractivity contribution is -0.118. The zero-order valence-corrected chi connectivity index (χ0v) is 13.6. The van der Waals surface area contributed by atoms with Crippen LogP contribution in [-0.4, -0.2) is 13.0 Å². The standard InChI is InChI=1S/C19H20N2O2/c1-13-8-14(2)10-17(9-13)21-19(22)16(12-20)11-15-4-6-18(23-3)7-5-15/h4-10,16H,11H2,1-3H3,(H,21,22). The Morgan fingerprint density at radius 3 is 2.30 bits per heavy atom. The molecule has 0 heterocycles. The summed E-state index contributed by atoms with van der Waals surface area (Å²) in [6, 6.07) is 15.3. The van der Waals surface area contributed by atoms with E-state index in [1.807, 2.05) is 56.3 Å². The summed E-state index contributed by atoms with van der Waals surface area (Å²) in [5.74, 6) is -0.264. The average Bonchev–Trinajstić information content (AvgIpc) is 2.52. The molecule has 0 saturated carbocycles. The highest BCUT2D eigenvalue weighted by Crippen LogP contribution is 2.18. The quantitative estimate of drug-likeness (QED) is 0.917. The van der Waals surface area contributed by atoms with Gasteiger partial charge in [0.25, 0.3) is 0 Å². The van der Waals surface area contributed by atoms with Gasteiger partial charge in [0.2, 0.25) is 5.91 Å². The van der Waals surface area contributed by atoms with Gasteiger partial charge in [0.05, 0.1) is 13.2 Å². The van der Waals surface area contributed by atoms with Gasteiger partial charge in [-0.15, -0.1) is 0 Å². The molecule has 1 atom stereocenters. The Morgan fingerprint density at radius 1 is 1.17 bits per heavy atom. The molecule has 0 fully saturated rings. The van der Waals surface area contributed by atoms with E-state index in [2.05, 4.69) is 11.4 Å². The minimum atomic E-state index is -0.732. The van der Waals surface area contributed by atoms with Crippen LogP contribution in [-0.2, 0) is 11.2 Å². The van der Waals surface area contributed by atoms with Crippen molar-refractivity contribution in [3.8, 4) is 11.8 Å². The smallest absolute Gasteiger partial charge is 0.242 e. The van der Waals surface area contributed by atoms with Crippen molar-refractivity contribution in [2.45, 2.75) is 20.3 Å². The van der Waals surface area contributed by atoms with Crippen LogP contribution in [0.3, 0.4) is 0 Å². The number of rotatable bonds is 5. The Bertz CT molecular complexity index is 710. The number of aryl methyl sites for hydroxylation is 2. The van der Waals surface area contributed by atoms with Gasteiger partial charge in [-0.3, -0.25) is 4.79 Å². The highest BCUT2D eigenvalue weighted by atomic mass is 16.5. The number of hydrogen-bond donors (Lipinski definition) is 1. The van der Waals surface area contributed by atoms with Crippen LogP contribution in [0, 0.1) is 31.1 Å². The number of hydrogen-bond acceptors (Lipinski definition) is 3. The first-order chi connectivity index (χ1) is 11.0. The van der Waals surface area contributed by atoms with Gasteiger partial charge < -0.3 is 10.1 Å². The Balaban J connectivity index is 2.07. The second-order valence-electron chi connectivity index (χ2n) is 5.60. The van der Waals surface area contributed by atoms with Gasteiger partial charge in [0.15, 0.2) is 0 Å². The van der Waals surface area contributed by atoms with E-state index < -0.39 is 5.92 Å². The van der Waals surface area contributed by atoms with Crippen LogP contribution in [0.2, 0.25) is 0 Å². The highest BCUT2D eigenvalue weighted by molar-refractivity contribution is 5.94. The lowest BCUT2D eigenvalue weighted by Gasteiger charge is -2.12. The van der Waals surface area contributed by atoms with Gasteiger partial charge in [-0.25, -0.2) is 0 Å². The lowest BCUT2D eigenvalue weighted by atomic mass is 9.99. The van der Waals surface area contributed by atoms with Crippen molar-refractivity contribution >= 4 is 11.6 Å². The summed E-state index contributed by atoms with van der Waals surface area (Å²) in [6.45, 7) is 3.95. The number of carbonyl (C=O) groups excluding carboxylic acids is 1. The molecule has 23 heavy (non-hydrogen) atoms. The van der Waals surface area contributed by atoms with Gasteiger partial charge in [-0.05, 0) is 61.2 Å². The molecule has 1 amide bonds. The van der Waals surface area contributed by atoms with Gasteiger partial charge in [-0.1, -0.05) is 18.2 Å². The third-order valence-corrected chi connectivity index (χ3v) is 3.56. The Labute approximate surface area is 136 Å². The molecular formula is C19H20N2O2. The maximum absolute atomic E-state index is 12.3. The van der Waals surface area contributed by atoms with Gasteiger partial charge >= 0.3 is 0 Å². The number of nitriles is 1. The van der Waals surface area contributed by atoms with E-state index in [1.165, 1.54) is 0 Å². The molecule has 4 nitrogen and oxygen atoms in total. The molecule has 0 radical (unpaired) electrons. The summed E-state index contributed by atoms with van der Waals surface area (Å²) in [7, 11) is 1.60. The first kappa shape index (κ1) is 16.6. The van der Waals surface area contributed by atoms with Crippen LogP contribution < -0.4 is 10.1 Å². The monoisotopic (exact) mass is 308 g/mol. The second kappa shape index (κ2) is 7.46. The van der Waals surface area contributed by atoms with Crippen molar-refractivity contribution < 1.29 is 9.53 Å². The zero-order chi connectivity index (χ0) is 16.8. The maximum Gasteiger partial charge on any atom is 0.242 e. The molecule has 0 aliphatic rings. The fraction of sp³-hybridized carbons (Fsp3) is 0.263. The van der Waals surface area contributed by atoms with Crippen molar-refractivity contribution in [3.63, 3.8) is 0 Å². The number of methoxy groups -OCH3 is 1. The Hall–Kier alpha value is -2.80. The third-order valence-electron chi connectivity index (χ3n) is 3.56. The molecule has 4 heteroatoms. The number of ether oxygens (including phenoxy) is 1. The van der Waals surface area contributed by atoms with Crippen molar-refractivity contribution in [2.75, 3.05) is 12.4 Å². The van der Waals surface area contributed by atoms with Crippen molar-refractivity contribution in [3.05, 3.63) is 59.2 Å². The number of nitrogens with one attached hydrogen (secondary N) is 1. The molecule has 118 valence electrons. The molecule has 0 bridgehead atoms. The summed E-state index contributed by atoms with van der Waals surface area (Å²) in [5.41, 5.74) is 3.79. The minimum Gasteiger partial charge on any atom is -0.497 e. The SMILES string of the molecule is COc1ccc(CC(C#N)C(=O)Nc2cc(C)cc(C)c2)cc1. The summed E-state index contributed by atoms with van der Waals surface area (Å²) < 4.78 is 5.11. The van der Waals surface area contributed by atoms with Crippen LogP contribution in [0.4, 0.5) is 5.69 Å². The Kier molecular flexibility index (Phi) is 5.37. The van der Waals surface area contributed by atoms with E-state index in [0.29, 0.717) is 6.42 Å². The van der Waals surface area contributed by atoms with E-state index in [9.17, 15) is 10.1 Å². The zero-order valence-electron chi connectivity index (χ0n) is 13.6. The molecule has 0 aliphatic carbocycles. The summed E-state index contributed by atoms with van der Waals surface area (Å²) in [5, 5.41) is 12.1. The molecule has 0 spiro atoms. The molecule has 2 rings (SSSR count). The van der Waals surface area contributed by atoms with E-state index in [0.717, 1.165) is 28.1 Å². The van der Waals surface area contributed by atoms with Crippen LogP contribution in [0.1, 0.15) is 16.7 Å². The van der Waals surface area contributed by atoms with Crippen molar-refractivity contribution in [2.24, 2.45) is 5.92 Å². The molecule has 0 saturated heterocycles. The van der Waals surface area contributed by atoms with Gasteiger partial charge in [-0.2, -0.15) is 5.26 Å². The van der Waals surface area contributed by atoms with Gasteiger partial charge in [0.1, 0.15) is 11.7 Å². The first-order valence-corrected chi connectivity index (χ1v) is 7.43. The summed E-state index contributed by atoms with van der Waals surface area (Å²) in [6.07, 6.45) is 0.372. The molecule has 2 aromatic carbocycles. The summed E-state index contributed by atoms with van der Waals surface area (Å²) >= 11 is 0. The van der Waals surface area contributed by atoms with E-state index in [4.69, 9.17) is 4.74 Å². The van der Waals surface area contributed by atoms with Gasteiger partial charge in [0, 0.05) is 5.69 Å². The van der Waals surface area contributed by atoms with Crippen LogP contribution in [0.25, 0.3) is 0 Å². The number of nitrogens with zero attached hydrogens (tertiary/aromatic N) is 1. The predicted molar refractivity (Wildman–Crippen MR) is 90.3 cm³/mol. The number of anilines is 1. The number of carbonyl (C=O) groups is 1.